The monoisotopic (exact) mass is 519 g/mol. The largest absolute Gasteiger partial charge is 0.310 e. The first-order valence-corrected chi connectivity index (χ1v) is 13.6. The highest BCUT2D eigenvalue weighted by Crippen LogP contribution is 2.59. The van der Waals surface area contributed by atoms with Gasteiger partial charge in [0.05, 0.1) is 11.1 Å². The van der Waals surface area contributed by atoms with Crippen LogP contribution in [-0.2, 0) is 5.41 Å². The van der Waals surface area contributed by atoms with E-state index in [1.54, 1.807) is 0 Å². The SMILES string of the molecule is Clc1cccc(N(c2ccccc2)c2cccc3c2-c2ccccc2C3(c2ccccc2)c2ccccc2)c1. The quantitative estimate of drug-likeness (QED) is 0.218. The number of anilines is 3. The molecule has 7 rings (SSSR count). The van der Waals surface area contributed by atoms with E-state index in [9.17, 15) is 0 Å². The van der Waals surface area contributed by atoms with Gasteiger partial charge in [0, 0.05) is 22.0 Å². The summed E-state index contributed by atoms with van der Waals surface area (Å²) in [7, 11) is 0. The van der Waals surface area contributed by atoms with E-state index < -0.39 is 5.41 Å². The van der Waals surface area contributed by atoms with Gasteiger partial charge in [-0.3, -0.25) is 0 Å². The normalized spacial score (nSPS) is 12.9. The molecule has 0 saturated heterocycles. The molecule has 0 amide bonds. The molecule has 1 aliphatic rings. The fraction of sp³-hybridized carbons (Fsp3) is 0.0270. The predicted molar refractivity (Wildman–Crippen MR) is 163 cm³/mol. The van der Waals surface area contributed by atoms with Gasteiger partial charge in [-0.1, -0.05) is 133 Å². The lowest BCUT2D eigenvalue weighted by Crippen LogP contribution is -2.28. The lowest BCUT2D eigenvalue weighted by molar-refractivity contribution is 0.768. The summed E-state index contributed by atoms with van der Waals surface area (Å²) in [6.45, 7) is 0. The van der Waals surface area contributed by atoms with Crippen molar-refractivity contribution in [3.05, 3.63) is 185 Å². The maximum absolute atomic E-state index is 6.54. The van der Waals surface area contributed by atoms with Gasteiger partial charge in [0.1, 0.15) is 0 Å². The van der Waals surface area contributed by atoms with Crippen molar-refractivity contribution in [2.24, 2.45) is 0 Å². The summed E-state index contributed by atoms with van der Waals surface area (Å²) in [5, 5.41) is 0.712. The summed E-state index contributed by atoms with van der Waals surface area (Å²) < 4.78 is 0. The Balaban J connectivity index is 1.60. The second kappa shape index (κ2) is 9.62. The van der Waals surface area contributed by atoms with Gasteiger partial charge in [0.15, 0.2) is 0 Å². The van der Waals surface area contributed by atoms with Crippen molar-refractivity contribution in [3.8, 4) is 11.1 Å². The van der Waals surface area contributed by atoms with Crippen LogP contribution in [0.4, 0.5) is 17.1 Å². The summed E-state index contributed by atoms with van der Waals surface area (Å²) in [6, 6.07) is 56.1. The predicted octanol–water partition coefficient (Wildman–Crippen LogP) is 10.2. The number of hydrogen-bond donors (Lipinski definition) is 0. The van der Waals surface area contributed by atoms with Gasteiger partial charge in [-0.05, 0) is 64.2 Å². The van der Waals surface area contributed by atoms with Crippen LogP contribution < -0.4 is 4.90 Å². The Morgan fingerprint density at radius 3 is 1.67 bits per heavy atom. The average Bonchev–Trinajstić information content (AvgIpc) is 3.31. The van der Waals surface area contributed by atoms with E-state index in [1.807, 2.05) is 18.2 Å². The highest BCUT2D eigenvalue weighted by Gasteiger charge is 2.47. The minimum atomic E-state index is -0.443. The fourth-order valence-corrected chi connectivity index (χ4v) is 6.46. The first-order chi connectivity index (χ1) is 19.3. The van der Waals surface area contributed by atoms with Crippen LogP contribution in [0.3, 0.4) is 0 Å². The van der Waals surface area contributed by atoms with Crippen molar-refractivity contribution < 1.29 is 0 Å². The molecule has 0 unspecified atom stereocenters. The molecule has 0 fully saturated rings. The zero-order valence-corrected chi connectivity index (χ0v) is 22.1. The van der Waals surface area contributed by atoms with E-state index in [-0.39, 0.29) is 0 Å². The molecule has 186 valence electrons. The van der Waals surface area contributed by atoms with Gasteiger partial charge < -0.3 is 4.90 Å². The van der Waals surface area contributed by atoms with Crippen LogP contribution in [0.5, 0.6) is 0 Å². The number of benzene rings is 6. The van der Waals surface area contributed by atoms with Crippen molar-refractivity contribution in [1.29, 1.82) is 0 Å². The third-order valence-corrected chi connectivity index (χ3v) is 8.02. The Morgan fingerprint density at radius 2 is 1.00 bits per heavy atom. The summed E-state index contributed by atoms with van der Waals surface area (Å²) in [5.41, 5.74) is 10.4. The smallest absolute Gasteiger partial charge is 0.0714 e. The fourth-order valence-electron chi connectivity index (χ4n) is 6.28. The summed E-state index contributed by atoms with van der Waals surface area (Å²) in [6.07, 6.45) is 0. The minimum Gasteiger partial charge on any atom is -0.310 e. The van der Waals surface area contributed by atoms with Crippen molar-refractivity contribution in [3.63, 3.8) is 0 Å². The van der Waals surface area contributed by atoms with Crippen LogP contribution in [0, 0.1) is 0 Å². The second-order valence-electron chi connectivity index (χ2n) is 9.88. The zero-order chi connectivity index (χ0) is 26.2. The second-order valence-corrected chi connectivity index (χ2v) is 10.3. The first kappa shape index (κ1) is 23.5. The van der Waals surface area contributed by atoms with Crippen molar-refractivity contribution in [1.82, 2.24) is 0 Å². The van der Waals surface area contributed by atoms with Crippen LogP contribution in [0.1, 0.15) is 22.3 Å². The molecule has 39 heavy (non-hydrogen) atoms. The molecule has 1 aliphatic carbocycles. The maximum atomic E-state index is 6.54. The molecule has 0 spiro atoms. The van der Waals surface area contributed by atoms with E-state index in [4.69, 9.17) is 11.6 Å². The van der Waals surface area contributed by atoms with E-state index in [2.05, 4.69) is 144 Å². The summed E-state index contributed by atoms with van der Waals surface area (Å²) in [5.74, 6) is 0. The van der Waals surface area contributed by atoms with Crippen LogP contribution in [0.15, 0.2) is 158 Å². The first-order valence-electron chi connectivity index (χ1n) is 13.2. The van der Waals surface area contributed by atoms with Gasteiger partial charge in [-0.2, -0.15) is 0 Å². The van der Waals surface area contributed by atoms with Crippen LogP contribution >= 0.6 is 11.6 Å². The van der Waals surface area contributed by atoms with Gasteiger partial charge in [-0.25, -0.2) is 0 Å². The van der Waals surface area contributed by atoms with Crippen molar-refractivity contribution in [2.45, 2.75) is 5.41 Å². The average molecular weight is 520 g/mol. The highest BCUT2D eigenvalue weighted by molar-refractivity contribution is 6.30. The molecule has 0 saturated carbocycles. The molecular weight excluding hydrogens is 494 g/mol. The number of rotatable bonds is 5. The van der Waals surface area contributed by atoms with Crippen LogP contribution in [0.2, 0.25) is 5.02 Å². The van der Waals surface area contributed by atoms with Crippen LogP contribution in [-0.4, -0.2) is 0 Å². The van der Waals surface area contributed by atoms with E-state index >= 15 is 0 Å². The van der Waals surface area contributed by atoms with Crippen molar-refractivity contribution in [2.75, 3.05) is 4.90 Å². The minimum absolute atomic E-state index is 0.443. The third-order valence-electron chi connectivity index (χ3n) is 7.78. The van der Waals surface area contributed by atoms with Gasteiger partial charge in [0.25, 0.3) is 0 Å². The molecular formula is C37H26ClN. The van der Waals surface area contributed by atoms with Gasteiger partial charge >= 0.3 is 0 Å². The van der Waals surface area contributed by atoms with Crippen LogP contribution in [0.25, 0.3) is 11.1 Å². The molecule has 0 aromatic heterocycles. The molecule has 0 radical (unpaired) electrons. The summed E-state index contributed by atoms with van der Waals surface area (Å²) >= 11 is 6.54. The molecule has 6 aromatic carbocycles. The topological polar surface area (TPSA) is 3.24 Å². The zero-order valence-electron chi connectivity index (χ0n) is 21.3. The van der Waals surface area contributed by atoms with E-state index in [0.717, 1.165) is 17.1 Å². The summed E-state index contributed by atoms with van der Waals surface area (Å²) in [4.78, 5) is 2.33. The number of fused-ring (bicyclic) bond motifs is 3. The third kappa shape index (κ3) is 3.70. The molecule has 0 bridgehead atoms. The molecule has 0 heterocycles. The number of nitrogens with zero attached hydrogens (tertiary/aromatic N) is 1. The Bertz CT molecular complexity index is 1720. The lowest BCUT2D eigenvalue weighted by atomic mass is 9.68. The van der Waals surface area contributed by atoms with E-state index in [1.165, 1.54) is 33.4 Å². The lowest BCUT2D eigenvalue weighted by Gasteiger charge is -2.34. The van der Waals surface area contributed by atoms with Crippen molar-refractivity contribution >= 4 is 28.7 Å². The highest BCUT2D eigenvalue weighted by atomic mass is 35.5. The molecule has 0 atom stereocenters. The Kier molecular flexibility index (Phi) is 5.80. The van der Waals surface area contributed by atoms with Gasteiger partial charge in [0.2, 0.25) is 0 Å². The molecule has 0 N–H and O–H groups in total. The maximum Gasteiger partial charge on any atom is 0.0714 e. The number of halogens is 1. The van der Waals surface area contributed by atoms with Gasteiger partial charge in [-0.15, -0.1) is 0 Å². The molecule has 1 nitrogen and oxygen atoms in total. The molecule has 0 aliphatic heterocycles. The number of hydrogen-bond acceptors (Lipinski definition) is 1. The van der Waals surface area contributed by atoms with E-state index in [0.29, 0.717) is 5.02 Å². The molecule has 6 aromatic rings. The Hall–Kier alpha value is -4.59. The molecule has 2 heteroatoms. The Labute approximate surface area is 234 Å². The standard InChI is InChI=1S/C37H26ClN/c38-29-18-12-21-31(26-29)39(30-19-8-3-9-20-30)35-25-13-24-34-36(35)32-22-10-11-23-33(32)37(34,27-14-4-1-5-15-27)28-16-6-2-7-17-28/h1-26H. The Morgan fingerprint density at radius 1 is 0.462 bits per heavy atom. The number of para-hydroxylation sites is 1.